The van der Waals surface area contributed by atoms with Crippen molar-refractivity contribution in [2.45, 2.75) is 12.8 Å². The van der Waals surface area contributed by atoms with Gasteiger partial charge in [0.15, 0.2) is 11.5 Å². The minimum absolute atomic E-state index is 0.223. The summed E-state index contributed by atoms with van der Waals surface area (Å²) < 4.78 is 16.0. The zero-order valence-electron chi connectivity index (χ0n) is 11.1. The molecule has 1 fully saturated rings. The Morgan fingerprint density at radius 2 is 2.15 bits per heavy atom. The molecule has 1 aromatic heterocycles. The summed E-state index contributed by atoms with van der Waals surface area (Å²) in [7, 11) is 1.59. The number of ether oxygens (including phenoxy) is 2. The lowest BCUT2D eigenvalue weighted by molar-refractivity contribution is 0.280. The van der Waals surface area contributed by atoms with Gasteiger partial charge in [0.25, 0.3) is 0 Å². The van der Waals surface area contributed by atoms with E-state index in [0.29, 0.717) is 40.2 Å². The number of aromatic nitrogens is 1. The number of halogens is 1. The second-order valence-corrected chi connectivity index (χ2v) is 5.25. The van der Waals surface area contributed by atoms with Crippen molar-refractivity contribution in [1.29, 1.82) is 0 Å². The predicted octanol–water partition coefficient (Wildman–Crippen LogP) is 3.37. The Kier molecular flexibility index (Phi) is 3.44. The molecule has 0 saturated heterocycles. The van der Waals surface area contributed by atoms with Crippen molar-refractivity contribution in [3.63, 3.8) is 0 Å². The van der Waals surface area contributed by atoms with E-state index in [1.807, 2.05) is 0 Å². The molecule has 2 N–H and O–H groups in total. The summed E-state index contributed by atoms with van der Waals surface area (Å²) in [6.45, 7) is 0.696. The number of benzene rings is 1. The molecule has 0 bridgehead atoms. The Hall–Kier alpha value is -1.88. The van der Waals surface area contributed by atoms with Gasteiger partial charge < -0.3 is 19.7 Å². The maximum Gasteiger partial charge on any atom is 0.230 e. The first-order valence-electron chi connectivity index (χ1n) is 6.40. The van der Waals surface area contributed by atoms with E-state index in [0.717, 1.165) is 0 Å². The SMILES string of the molecule is COc1cc(-c2cnoc2N)c(Cl)cc1OCC1CC1. The van der Waals surface area contributed by atoms with Gasteiger partial charge in [-0.2, -0.15) is 0 Å². The fraction of sp³-hybridized carbons (Fsp3) is 0.357. The summed E-state index contributed by atoms with van der Waals surface area (Å²) in [5.74, 6) is 2.14. The van der Waals surface area contributed by atoms with Gasteiger partial charge in [-0.15, -0.1) is 0 Å². The molecule has 1 saturated carbocycles. The number of rotatable bonds is 5. The molecule has 1 aliphatic rings. The van der Waals surface area contributed by atoms with Crippen LogP contribution >= 0.6 is 11.6 Å². The van der Waals surface area contributed by atoms with Crippen molar-refractivity contribution in [1.82, 2.24) is 5.16 Å². The number of methoxy groups -OCH3 is 1. The number of anilines is 1. The van der Waals surface area contributed by atoms with Crippen LogP contribution in [0, 0.1) is 5.92 Å². The van der Waals surface area contributed by atoms with Crippen LogP contribution in [0.15, 0.2) is 22.9 Å². The van der Waals surface area contributed by atoms with Crippen LogP contribution in [0.4, 0.5) is 5.88 Å². The maximum absolute atomic E-state index is 6.29. The monoisotopic (exact) mass is 294 g/mol. The Labute approximate surface area is 121 Å². The van der Waals surface area contributed by atoms with E-state index in [2.05, 4.69) is 5.16 Å². The van der Waals surface area contributed by atoms with E-state index in [-0.39, 0.29) is 5.88 Å². The highest BCUT2D eigenvalue weighted by atomic mass is 35.5. The molecule has 20 heavy (non-hydrogen) atoms. The third-order valence-electron chi connectivity index (χ3n) is 3.31. The van der Waals surface area contributed by atoms with Crippen molar-refractivity contribution in [2.24, 2.45) is 5.92 Å². The molecule has 2 aromatic rings. The maximum atomic E-state index is 6.29. The molecular formula is C14H15ClN2O3. The van der Waals surface area contributed by atoms with Crippen LogP contribution in [0.3, 0.4) is 0 Å². The fourth-order valence-corrected chi connectivity index (χ4v) is 2.21. The second-order valence-electron chi connectivity index (χ2n) is 4.84. The summed E-state index contributed by atoms with van der Waals surface area (Å²) in [6, 6.07) is 3.53. The average Bonchev–Trinajstić information content (AvgIpc) is 3.18. The van der Waals surface area contributed by atoms with Crippen molar-refractivity contribution < 1.29 is 14.0 Å². The van der Waals surface area contributed by atoms with Gasteiger partial charge in [0.1, 0.15) is 0 Å². The van der Waals surface area contributed by atoms with Crippen molar-refractivity contribution >= 4 is 17.5 Å². The van der Waals surface area contributed by atoms with Gasteiger partial charge in [-0.1, -0.05) is 16.8 Å². The van der Waals surface area contributed by atoms with Gasteiger partial charge >= 0.3 is 0 Å². The first-order chi connectivity index (χ1) is 9.69. The van der Waals surface area contributed by atoms with Gasteiger partial charge in [-0.3, -0.25) is 0 Å². The lowest BCUT2D eigenvalue weighted by Crippen LogP contribution is -2.01. The Balaban J connectivity index is 1.94. The molecule has 0 amide bonds. The quantitative estimate of drug-likeness (QED) is 0.915. The summed E-state index contributed by atoms with van der Waals surface area (Å²) >= 11 is 6.29. The predicted molar refractivity (Wildman–Crippen MR) is 76.1 cm³/mol. The highest BCUT2D eigenvalue weighted by Gasteiger charge is 2.23. The van der Waals surface area contributed by atoms with Crippen LogP contribution < -0.4 is 15.2 Å². The van der Waals surface area contributed by atoms with Crippen LogP contribution in [0.5, 0.6) is 11.5 Å². The smallest absolute Gasteiger partial charge is 0.230 e. The number of nitrogens with two attached hydrogens (primary N) is 1. The molecule has 0 unspecified atom stereocenters. The minimum atomic E-state index is 0.223. The molecule has 106 valence electrons. The second kappa shape index (κ2) is 5.25. The van der Waals surface area contributed by atoms with Crippen LogP contribution in [0.25, 0.3) is 11.1 Å². The third-order valence-corrected chi connectivity index (χ3v) is 3.63. The van der Waals surface area contributed by atoms with Crippen LogP contribution in [0.2, 0.25) is 5.02 Å². The number of hydrogen-bond donors (Lipinski definition) is 1. The van der Waals surface area contributed by atoms with E-state index in [1.54, 1.807) is 19.2 Å². The van der Waals surface area contributed by atoms with Gasteiger partial charge in [0.05, 0.1) is 30.5 Å². The molecule has 3 rings (SSSR count). The topological polar surface area (TPSA) is 70.5 Å². The first-order valence-corrected chi connectivity index (χ1v) is 6.77. The first kappa shape index (κ1) is 13.1. The van der Waals surface area contributed by atoms with E-state index < -0.39 is 0 Å². The molecule has 0 aliphatic heterocycles. The zero-order chi connectivity index (χ0) is 14.1. The molecule has 5 nitrogen and oxygen atoms in total. The average molecular weight is 295 g/mol. The highest BCUT2D eigenvalue weighted by Crippen LogP contribution is 2.41. The van der Waals surface area contributed by atoms with E-state index in [4.69, 9.17) is 31.3 Å². The largest absolute Gasteiger partial charge is 0.493 e. The summed E-state index contributed by atoms with van der Waals surface area (Å²) in [4.78, 5) is 0. The van der Waals surface area contributed by atoms with Crippen molar-refractivity contribution in [2.75, 3.05) is 19.5 Å². The van der Waals surface area contributed by atoms with Gasteiger partial charge in [-0.25, -0.2) is 0 Å². The lowest BCUT2D eigenvalue weighted by Gasteiger charge is -2.13. The zero-order valence-corrected chi connectivity index (χ0v) is 11.8. The standard InChI is InChI=1S/C14H15ClN2O3/c1-18-12-4-9(10-6-17-20-14(10)16)11(15)5-13(12)19-7-8-2-3-8/h4-6,8H,2-3,7,16H2,1H3. The minimum Gasteiger partial charge on any atom is -0.493 e. The van der Waals surface area contributed by atoms with Gasteiger partial charge in [0.2, 0.25) is 5.88 Å². The fourth-order valence-electron chi connectivity index (χ4n) is 1.96. The Bertz CT molecular complexity index is 623. The van der Waals surface area contributed by atoms with Gasteiger partial charge in [0, 0.05) is 11.6 Å². The van der Waals surface area contributed by atoms with Crippen LogP contribution in [-0.2, 0) is 0 Å². The number of hydrogen-bond acceptors (Lipinski definition) is 5. The molecule has 1 aliphatic carbocycles. The Morgan fingerprint density at radius 3 is 2.75 bits per heavy atom. The van der Waals surface area contributed by atoms with Crippen molar-refractivity contribution in [3.05, 3.63) is 23.4 Å². The van der Waals surface area contributed by atoms with Crippen LogP contribution in [0.1, 0.15) is 12.8 Å². The molecular weight excluding hydrogens is 280 g/mol. The molecule has 1 heterocycles. The summed E-state index contributed by atoms with van der Waals surface area (Å²) in [6.07, 6.45) is 3.98. The highest BCUT2D eigenvalue weighted by molar-refractivity contribution is 6.33. The van der Waals surface area contributed by atoms with Gasteiger partial charge in [-0.05, 0) is 24.8 Å². The number of nitrogen functional groups attached to an aromatic ring is 1. The van der Waals surface area contributed by atoms with E-state index in [9.17, 15) is 0 Å². The van der Waals surface area contributed by atoms with E-state index in [1.165, 1.54) is 19.0 Å². The molecule has 6 heteroatoms. The number of nitrogens with zero attached hydrogens (tertiary/aromatic N) is 1. The lowest BCUT2D eigenvalue weighted by atomic mass is 10.1. The van der Waals surface area contributed by atoms with E-state index >= 15 is 0 Å². The molecule has 1 aromatic carbocycles. The third kappa shape index (κ3) is 2.54. The summed E-state index contributed by atoms with van der Waals surface area (Å²) in [5, 5.41) is 4.17. The molecule has 0 radical (unpaired) electrons. The molecule has 0 atom stereocenters. The normalized spacial score (nSPS) is 14.3. The van der Waals surface area contributed by atoms with Crippen LogP contribution in [-0.4, -0.2) is 18.9 Å². The Morgan fingerprint density at radius 1 is 1.35 bits per heavy atom. The molecule has 0 spiro atoms. The van der Waals surface area contributed by atoms with Crippen molar-refractivity contribution in [3.8, 4) is 22.6 Å². The summed E-state index contributed by atoms with van der Waals surface area (Å²) in [5.41, 5.74) is 7.07.